The van der Waals surface area contributed by atoms with Crippen molar-refractivity contribution in [2.45, 2.75) is 0 Å². The number of benzene rings is 1. The van der Waals surface area contributed by atoms with Gasteiger partial charge >= 0.3 is 0 Å². The zero-order chi connectivity index (χ0) is 17.6. The maximum atomic E-state index is 12.3. The van der Waals surface area contributed by atoms with Crippen molar-refractivity contribution in [2.24, 2.45) is 0 Å². The Kier molecular flexibility index (Phi) is 5.08. The number of carbonyl (C=O) groups excluding carboxylic acids is 2. The van der Waals surface area contributed by atoms with Crippen molar-refractivity contribution in [3.63, 3.8) is 0 Å². The number of amides is 2. The van der Waals surface area contributed by atoms with Crippen molar-refractivity contribution in [1.82, 2.24) is 14.9 Å². The van der Waals surface area contributed by atoms with Crippen LogP contribution in [0.5, 0.6) is 5.75 Å². The zero-order valence-electron chi connectivity index (χ0n) is 13.9. The lowest BCUT2D eigenvalue weighted by molar-refractivity contribution is -0.118. The van der Waals surface area contributed by atoms with Gasteiger partial charge in [0, 0.05) is 37.9 Å². The van der Waals surface area contributed by atoms with E-state index in [4.69, 9.17) is 4.74 Å². The smallest absolute Gasteiger partial charge is 0.275 e. The Labute approximate surface area is 145 Å². The number of nitrogens with zero attached hydrogens (tertiary/aromatic N) is 4. The van der Waals surface area contributed by atoms with Gasteiger partial charge in [-0.1, -0.05) is 6.07 Å². The van der Waals surface area contributed by atoms with Crippen LogP contribution in [-0.2, 0) is 4.79 Å². The van der Waals surface area contributed by atoms with Gasteiger partial charge in [0.25, 0.3) is 5.91 Å². The first kappa shape index (κ1) is 16.7. The highest BCUT2D eigenvalue weighted by Crippen LogP contribution is 2.17. The van der Waals surface area contributed by atoms with Crippen LogP contribution in [-0.4, -0.2) is 60.5 Å². The summed E-state index contributed by atoms with van der Waals surface area (Å²) in [4.78, 5) is 35.3. The van der Waals surface area contributed by atoms with E-state index in [1.54, 1.807) is 42.5 Å². The van der Waals surface area contributed by atoms with Crippen LogP contribution >= 0.6 is 0 Å². The molecule has 2 heterocycles. The van der Waals surface area contributed by atoms with Crippen molar-refractivity contribution in [1.29, 1.82) is 0 Å². The number of hydrogen-bond donors (Lipinski definition) is 1. The van der Waals surface area contributed by atoms with E-state index in [-0.39, 0.29) is 11.6 Å². The van der Waals surface area contributed by atoms with Gasteiger partial charge in [-0.15, -0.1) is 0 Å². The predicted octanol–water partition coefficient (Wildman–Crippen LogP) is 1.02. The average Bonchev–Trinajstić information content (AvgIpc) is 2.68. The summed E-state index contributed by atoms with van der Waals surface area (Å²) in [5.41, 5.74) is 0.860. The number of piperazine rings is 1. The summed E-state index contributed by atoms with van der Waals surface area (Å²) >= 11 is 0. The second-order valence-corrected chi connectivity index (χ2v) is 5.57. The Morgan fingerprint density at radius 3 is 2.64 bits per heavy atom. The minimum absolute atomic E-state index is 0.234. The number of hydrogen-bond acceptors (Lipinski definition) is 6. The summed E-state index contributed by atoms with van der Waals surface area (Å²) in [5, 5.41) is 2.76. The summed E-state index contributed by atoms with van der Waals surface area (Å²) in [6.45, 7) is 2.71. The Balaban J connectivity index is 1.63. The highest BCUT2D eigenvalue weighted by Gasteiger charge is 2.17. The third kappa shape index (κ3) is 4.03. The molecule has 0 bridgehead atoms. The third-order valence-electron chi connectivity index (χ3n) is 3.99. The van der Waals surface area contributed by atoms with Gasteiger partial charge in [0.1, 0.15) is 17.3 Å². The number of anilines is 2. The summed E-state index contributed by atoms with van der Waals surface area (Å²) in [7, 11) is 1.57. The van der Waals surface area contributed by atoms with E-state index < -0.39 is 0 Å². The fraction of sp³-hybridized carbons (Fsp3) is 0.294. The molecule has 0 atom stereocenters. The van der Waals surface area contributed by atoms with Crippen molar-refractivity contribution in [3.8, 4) is 5.75 Å². The summed E-state index contributed by atoms with van der Waals surface area (Å²) in [6.07, 6.45) is 3.89. The van der Waals surface area contributed by atoms with E-state index in [1.807, 2.05) is 4.90 Å². The lowest BCUT2D eigenvalue weighted by atomic mass is 10.3. The van der Waals surface area contributed by atoms with Crippen LogP contribution in [0.2, 0.25) is 0 Å². The average molecular weight is 341 g/mol. The number of rotatable bonds is 5. The Morgan fingerprint density at radius 2 is 2.00 bits per heavy atom. The third-order valence-corrected chi connectivity index (χ3v) is 3.99. The highest BCUT2D eigenvalue weighted by atomic mass is 16.5. The molecule has 1 aliphatic heterocycles. The molecule has 1 aromatic heterocycles. The number of ether oxygens (including phenoxy) is 1. The van der Waals surface area contributed by atoms with Crippen molar-refractivity contribution < 1.29 is 14.3 Å². The maximum absolute atomic E-state index is 12.3. The molecule has 1 aromatic carbocycles. The van der Waals surface area contributed by atoms with Gasteiger partial charge in [0.15, 0.2) is 0 Å². The van der Waals surface area contributed by atoms with Crippen LogP contribution in [0.15, 0.2) is 36.7 Å². The number of aromatic nitrogens is 2. The quantitative estimate of drug-likeness (QED) is 0.817. The SMILES string of the molecule is COc1cccc(NC(=O)c2cnc(N3CCN(C=O)CC3)cn2)c1. The van der Waals surface area contributed by atoms with Gasteiger partial charge in [0.05, 0.1) is 19.5 Å². The second kappa shape index (κ2) is 7.61. The van der Waals surface area contributed by atoms with Crippen LogP contribution in [0.25, 0.3) is 0 Å². The molecule has 8 nitrogen and oxygen atoms in total. The summed E-state index contributed by atoms with van der Waals surface area (Å²) < 4.78 is 5.13. The first-order valence-corrected chi connectivity index (χ1v) is 7.91. The topological polar surface area (TPSA) is 87.7 Å². The first-order valence-electron chi connectivity index (χ1n) is 7.91. The van der Waals surface area contributed by atoms with E-state index >= 15 is 0 Å². The molecule has 0 radical (unpaired) electrons. The Morgan fingerprint density at radius 1 is 1.20 bits per heavy atom. The molecule has 1 saturated heterocycles. The standard InChI is InChI=1S/C17H19N5O3/c1-25-14-4-2-3-13(9-14)20-17(24)15-10-19-16(11-18-15)22-7-5-21(12-23)6-8-22/h2-4,9-12H,5-8H2,1H3,(H,20,24). The van der Waals surface area contributed by atoms with Crippen LogP contribution < -0.4 is 15.0 Å². The molecule has 2 amide bonds. The van der Waals surface area contributed by atoms with Crippen molar-refractivity contribution >= 4 is 23.8 Å². The molecule has 1 N–H and O–H groups in total. The van der Waals surface area contributed by atoms with Crippen LogP contribution in [0, 0.1) is 0 Å². The molecule has 25 heavy (non-hydrogen) atoms. The summed E-state index contributed by atoms with van der Waals surface area (Å²) in [6, 6.07) is 7.10. The maximum Gasteiger partial charge on any atom is 0.275 e. The van der Waals surface area contributed by atoms with Crippen LogP contribution in [0.1, 0.15) is 10.5 Å². The van der Waals surface area contributed by atoms with Gasteiger partial charge in [0.2, 0.25) is 6.41 Å². The zero-order valence-corrected chi connectivity index (χ0v) is 13.9. The van der Waals surface area contributed by atoms with Crippen molar-refractivity contribution in [3.05, 3.63) is 42.4 Å². The van der Waals surface area contributed by atoms with Gasteiger partial charge in [-0.3, -0.25) is 9.59 Å². The Bertz CT molecular complexity index is 742. The van der Waals surface area contributed by atoms with E-state index in [2.05, 4.69) is 15.3 Å². The second-order valence-electron chi connectivity index (χ2n) is 5.57. The first-order chi connectivity index (χ1) is 12.2. The number of nitrogens with one attached hydrogen (secondary N) is 1. The molecule has 3 rings (SSSR count). The number of methoxy groups -OCH3 is 1. The molecular weight excluding hydrogens is 322 g/mol. The Hall–Kier alpha value is -3.16. The minimum atomic E-state index is -0.335. The van der Waals surface area contributed by atoms with E-state index in [1.165, 1.54) is 6.20 Å². The molecule has 1 fully saturated rings. The van der Waals surface area contributed by atoms with Gasteiger partial charge in [-0.2, -0.15) is 0 Å². The molecule has 130 valence electrons. The van der Waals surface area contributed by atoms with Gasteiger partial charge in [-0.05, 0) is 12.1 Å². The number of carbonyl (C=O) groups is 2. The molecule has 1 aliphatic rings. The van der Waals surface area contributed by atoms with E-state index in [0.29, 0.717) is 43.4 Å². The summed E-state index contributed by atoms with van der Waals surface area (Å²) in [5.74, 6) is 1.02. The molecular formula is C17H19N5O3. The largest absolute Gasteiger partial charge is 0.497 e. The van der Waals surface area contributed by atoms with Gasteiger partial charge in [-0.25, -0.2) is 9.97 Å². The fourth-order valence-electron chi connectivity index (χ4n) is 2.55. The molecule has 0 unspecified atom stereocenters. The normalized spacial score (nSPS) is 14.1. The van der Waals surface area contributed by atoms with E-state index in [9.17, 15) is 9.59 Å². The van der Waals surface area contributed by atoms with E-state index in [0.717, 1.165) is 6.41 Å². The molecule has 2 aromatic rings. The van der Waals surface area contributed by atoms with Crippen molar-refractivity contribution in [2.75, 3.05) is 43.5 Å². The predicted molar refractivity (Wildman–Crippen MR) is 92.8 cm³/mol. The highest BCUT2D eigenvalue weighted by molar-refractivity contribution is 6.02. The van der Waals surface area contributed by atoms with Crippen LogP contribution in [0.3, 0.4) is 0 Å². The van der Waals surface area contributed by atoms with Gasteiger partial charge < -0.3 is 19.9 Å². The monoisotopic (exact) mass is 341 g/mol. The lowest BCUT2D eigenvalue weighted by Crippen LogP contribution is -2.46. The molecule has 0 saturated carbocycles. The molecule has 0 spiro atoms. The lowest BCUT2D eigenvalue weighted by Gasteiger charge is -2.33. The molecule has 0 aliphatic carbocycles. The fourth-order valence-corrected chi connectivity index (χ4v) is 2.55. The molecule has 8 heteroatoms. The van der Waals surface area contributed by atoms with Crippen LogP contribution in [0.4, 0.5) is 11.5 Å². The minimum Gasteiger partial charge on any atom is -0.497 e.